The zero-order chi connectivity index (χ0) is 16.5. The maximum atomic E-state index is 12.8. The molecule has 136 valence electrons. The molecule has 1 aromatic carbocycles. The van der Waals surface area contributed by atoms with Gasteiger partial charge in [0.25, 0.3) is 0 Å². The number of aliphatic imine (C=N–C) groups is 1. The summed E-state index contributed by atoms with van der Waals surface area (Å²) in [6, 6.07) is 6.65. The topological polar surface area (TPSA) is 36.9 Å². The SMILES string of the molecule is CN=C(NCCCSc1ccc(F)cc1)N(C)CC1CCOC1.I. The molecule has 0 aliphatic carbocycles. The van der Waals surface area contributed by atoms with Gasteiger partial charge in [0.2, 0.25) is 0 Å². The van der Waals surface area contributed by atoms with Gasteiger partial charge in [-0.3, -0.25) is 4.99 Å². The van der Waals surface area contributed by atoms with Crippen LogP contribution in [0, 0.1) is 11.7 Å². The van der Waals surface area contributed by atoms with E-state index in [1.165, 1.54) is 12.1 Å². The van der Waals surface area contributed by atoms with Crippen LogP contribution in [0.5, 0.6) is 0 Å². The second kappa shape index (κ2) is 11.9. The first-order valence-electron chi connectivity index (χ1n) is 8.07. The van der Waals surface area contributed by atoms with E-state index in [0.717, 1.165) is 55.8 Å². The van der Waals surface area contributed by atoms with Crippen LogP contribution in [0.1, 0.15) is 12.8 Å². The average Bonchev–Trinajstić information content (AvgIpc) is 3.05. The van der Waals surface area contributed by atoms with Crippen molar-refractivity contribution >= 4 is 41.7 Å². The van der Waals surface area contributed by atoms with Gasteiger partial charge in [-0.15, -0.1) is 35.7 Å². The van der Waals surface area contributed by atoms with E-state index in [2.05, 4.69) is 22.3 Å². The second-order valence-electron chi connectivity index (χ2n) is 5.74. The van der Waals surface area contributed by atoms with Crippen molar-refractivity contribution in [3.63, 3.8) is 0 Å². The third-order valence-electron chi connectivity index (χ3n) is 3.82. The highest BCUT2D eigenvalue weighted by Gasteiger charge is 2.18. The van der Waals surface area contributed by atoms with Crippen LogP contribution in [-0.2, 0) is 4.74 Å². The van der Waals surface area contributed by atoms with E-state index in [0.29, 0.717) is 5.92 Å². The minimum Gasteiger partial charge on any atom is -0.381 e. The fraction of sp³-hybridized carbons (Fsp3) is 0.588. The Bertz CT molecular complexity index is 495. The Hall–Kier alpha value is -0.540. The summed E-state index contributed by atoms with van der Waals surface area (Å²) in [6.07, 6.45) is 2.16. The number of thioether (sulfide) groups is 1. The van der Waals surface area contributed by atoms with Gasteiger partial charge < -0.3 is 15.0 Å². The molecular formula is C17H27FIN3OS. The van der Waals surface area contributed by atoms with E-state index in [1.54, 1.807) is 11.8 Å². The van der Waals surface area contributed by atoms with E-state index >= 15 is 0 Å². The number of halogens is 2. The molecule has 0 spiro atoms. The third kappa shape index (κ3) is 7.57. The van der Waals surface area contributed by atoms with Crippen molar-refractivity contribution in [3.05, 3.63) is 30.1 Å². The van der Waals surface area contributed by atoms with Gasteiger partial charge in [-0.25, -0.2) is 4.39 Å². The number of nitrogens with zero attached hydrogens (tertiary/aromatic N) is 2. The summed E-state index contributed by atoms with van der Waals surface area (Å²) in [7, 11) is 3.89. The van der Waals surface area contributed by atoms with Gasteiger partial charge in [0.15, 0.2) is 5.96 Å². The van der Waals surface area contributed by atoms with Crippen LogP contribution in [-0.4, -0.2) is 57.0 Å². The van der Waals surface area contributed by atoms with Crippen molar-refractivity contribution in [2.75, 3.05) is 46.2 Å². The Kier molecular flexibility index (Phi) is 10.7. The molecule has 4 nitrogen and oxygen atoms in total. The summed E-state index contributed by atoms with van der Waals surface area (Å²) in [6.45, 7) is 3.59. The van der Waals surface area contributed by atoms with Gasteiger partial charge in [0.1, 0.15) is 5.82 Å². The first-order chi connectivity index (χ1) is 11.2. The van der Waals surface area contributed by atoms with Crippen molar-refractivity contribution in [2.45, 2.75) is 17.7 Å². The molecule has 2 rings (SSSR count). The van der Waals surface area contributed by atoms with Gasteiger partial charge in [0, 0.05) is 44.6 Å². The minimum atomic E-state index is -0.185. The number of nitrogens with one attached hydrogen (secondary N) is 1. The molecular weight excluding hydrogens is 440 g/mol. The Labute approximate surface area is 165 Å². The van der Waals surface area contributed by atoms with Crippen molar-refractivity contribution in [1.29, 1.82) is 0 Å². The standard InChI is InChI=1S/C17H26FN3OS.HI/c1-19-17(21(2)12-14-8-10-22-13-14)20-9-3-11-23-16-6-4-15(18)5-7-16;/h4-7,14H,3,8-13H2,1-2H3,(H,19,20);1H. The molecule has 7 heteroatoms. The quantitative estimate of drug-likeness (QED) is 0.219. The number of ether oxygens (including phenoxy) is 1. The summed E-state index contributed by atoms with van der Waals surface area (Å²) in [5.74, 6) is 2.35. The highest BCUT2D eigenvalue weighted by molar-refractivity contribution is 14.0. The molecule has 0 aromatic heterocycles. The van der Waals surface area contributed by atoms with Gasteiger partial charge >= 0.3 is 0 Å². The Morgan fingerprint density at radius 2 is 2.17 bits per heavy atom. The molecule has 1 N–H and O–H groups in total. The normalized spacial score (nSPS) is 17.5. The number of guanidine groups is 1. The lowest BCUT2D eigenvalue weighted by Crippen LogP contribution is -2.41. The molecule has 1 aliphatic rings. The maximum absolute atomic E-state index is 12.8. The van der Waals surface area contributed by atoms with Gasteiger partial charge in [-0.1, -0.05) is 0 Å². The van der Waals surface area contributed by atoms with Crippen LogP contribution < -0.4 is 5.32 Å². The number of benzene rings is 1. The zero-order valence-electron chi connectivity index (χ0n) is 14.3. The lowest BCUT2D eigenvalue weighted by atomic mass is 10.1. The first kappa shape index (κ1) is 21.5. The van der Waals surface area contributed by atoms with Crippen LogP contribution in [0.3, 0.4) is 0 Å². The van der Waals surface area contributed by atoms with Gasteiger partial charge in [0.05, 0.1) is 6.61 Å². The molecule has 24 heavy (non-hydrogen) atoms. The van der Waals surface area contributed by atoms with Crippen molar-refractivity contribution in [2.24, 2.45) is 10.9 Å². The van der Waals surface area contributed by atoms with E-state index in [-0.39, 0.29) is 29.8 Å². The molecule has 0 saturated carbocycles. The maximum Gasteiger partial charge on any atom is 0.193 e. The summed E-state index contributed by atoms with van der Waals surface area (Å²) in [5.41, 5.74) is 0. The van der Waals surface area contributed by atoms with Crippen LogP contribution in [0.25, 0.3) is 0 Å². The fourth-order valence-electron chi connectivity index (χ4n) is 2.58. The lowest BCUT2D eigenvalue weighted by Gasteiger charge is -2.24. The predicted molar refractivity (Wildman–Crippen MR) is 110 cm³/mol. The van der Waals surface area contributed by atoms with Crippen molar-refractivity contribution < 1.29 is 9.13 Å². The largest absolute Gasteiger partial charge is 0.381 e. The number of rotatable bonds is 7. The Morgan fingerprint density at radius 1 is 1.42 bits per heavy atom. The molecule has 1 heterocycles. The molecule has 1 atom stereocenters. The van der Waals surface area contributed by atoms with Crippen molar-refractivity contribution in [3.8, 4) is 0 Å². The van der Waals surface area contributed by atoms with Crippen LogP contribution >= 0.6 is 35.7 Å². The zero-order valence-corrected chi connectivity index (χ0v) is 17.5. The summed E-state index contributed by atoms with van der Waals surface area (Å²) in [5, 5.41) is 3.40. The first-order valence-corrected chi connectivity index (χ1v) is 9.05. The average molecular weight is 467 g/mol. The molecule has 1 aliphatic heterocycles. The minimum absolute atomic E-state index is 0. The second-order valence-corrected chi connectivity index (χ2v) is 6.91. The van der Waals surface area contributed by atoms with Crippen molar-refractivity contribution in [1.82, 2.24) is 10.2 Å². The molecule has 0 bridgehead atoms. The molecule has 1 aromatic rings. The lowest BCUT2D eigenvalue weighted by molar-refractivity contribution is 0.181. The Morgan fingerprint density at radius 3 is 2.79 bits per heavy atom. The van der Waals surface area contributed by atoms with E-state index in [9.17, 15) is 4.39 Å². The highest BCUT2D eigenvalue weighted by Crippen LogP contribution is 2.18. The molecule has 1 unspecified atom stereocenters. The summed E-state index contributed by atoms with van der Waals surface area (Å²) >= 11 is 1.75. The van der Waals surface area contributed by atoms with Crippen LogP contribution in [0.15, 0.2) is 34.2 Å². The van der Waals surface area contributed by atoms with Gasteiger partial charge in [-0.05, 0) is 42.9 Å². The summed E-state index contributed by atoms with van der Waals surface area (Å²) in [4.78, 5) is 7.62. The molecule has 0 radical (unpaired) electrons. The van der Waals surface area contributed by atoms with E-state index in [1.807, 2.05) is 19.2 Å². The number of hydrogen-bond acceptors (Lipinski definition) is 3. The molecule has 1 fully saturated rings. The highest BCUT2D eigenvalue weighted by atomic mass is 127. The number of hydrogen-bond donors (Lipinski definition) is 1. The van der Waals surface area contributed by atoms with Gasteiger partial charge in [-0.2, -0.15) is 0 Å². The third-order valence-corrected chi connectivity index (χ3v) is 4.91. The summed E-state index contributed by atoms with van der Waals surface area (Å²) < 4.78 is 18.3. The fourth-order valence-corrected chi connectivity index (χ4v) is 3.43. The Balaban J connectivity index is 0.00000288. The molecule has 1 saturated heterocycles. The smallest absolute Gasteiger partial charge is 0.193 e. The molecule has 0 amide bonds. The van der Waals surface area contributed by atoms with Crippen LogP contribution in [0.4, 0.5) is 4.39 Å². The van der Waals surface area contributed by atoms with E-state index in [4.69, 9.17) is 4.74 Å². The van der Waals surface area contributed by atoms with Crippen LogP contribution in [0.2, 0.25) is 0 Å². The van der Waals surface area contributed by atoms with E-state index < -0.39 is 0 Å². The monoisotopic (exact) mass is 467 g/mol. The predicted octanol–water partition coefficient (Wildman–Crippen LogP) is 3.47.